The van der Waals surface area contributed by atoms with E-state index >= 15 is 0 Å². The van der Waals surface area contributed by atoms with Crippen molar-refractivity contribution in [2.24, 2.45) is 0 Å². The fraction of sp³-hybridized carbons (Fsp3) is 0.125. The zero-order valence-electron chi connectivity index (χ0n) is 6.72. The topological polar surface area (TPSA) is 57.5 Å². The minimum absolute atomic E-state index is 0.218. The summed E-state index contributed by atoms with van der Waals surface area (Å²) in [5.74, 6) is -4.34. The number of carboxylic acids is 1. The number of aromatic hydroxyl groups is 1. The predicted octanol–water partition coefficient (Wildman–Crippen LogP) is 2.06. The van der Waals surface area contributed by atoms with Crippen molar-refractivity contribution in [3.05, 3.63) is 27.7 Å². The highest BCUT2D eigenvalue weighted by atomic mass is 79.9. The van der Waals surface area contributed by atoms with E-state index in [1.807, 2.05) is 0 Å². The second-order valence-electron chi connectivity index (χ2n) is 2.55. The van der Waals surface area contributed by atoms with Crippen LogP contribution in [0.5, 0.6) is 5.75 Å². The highest BCUT2D eigenvalue weighted by Crippen LogP contribution is 2.30. The number of rotatable bonds is 2. The summed E-state index contributed by atoms with van der Waals surface area (Å²) in [5, 5.41) is 17.4. The minimum atomic E-state index is -1.35. The van der Waals surface area contributed by atoms with Gasteiger partial charge in [-0.2, -0.15) is 0 Å². The van der Waals surface area contributed by atoms with E-state index < -0.39 is 35.3 Å². The van der Waals surface area contributed by atoms with E-state index in [2.05, 4.69) is 15.9 Å². The average molecular weight is 267 g/mol. The molecule has 3 nitrogen and oxygen atoms in total. The van der Waals surface area contributed by atoms with Crippen LogP contribution in [0.3, 0.4) is 0 Å². The largest absolute Gasteiger partial charge is 0.505 e. The number of phenolic OH excluding ortho intramolecular Hbond substituents is 1. The van der Waals surface area contributed by atoms with Crippen molar-refractivity contribution in [3.8, 4) is 5.75 Å². The van der Waals surface area contributed by atoms with Crippen molar-refractivity contribution in [2.45, 2.75) is 6.42 Å². The van der Waals surface area contributed by atoms with E-state index in [-0.39, 0.29) is 4.47 Å². The zero-order valence-corrected chi connectivity index (χ0v) is 8.31. The van der Waals surface area contributed by atoms with Gasteiger partial charge in [-0.15, -0.1) is 0 Å². The molecule has 0 spiro atoms. The van der Waals surface area contributed by atoms with Crippen LogP contribution in [0.4, 0.5) is 8.78 Å². The van der Waals surface area contributed by atoms with Crippen molar-refractivity contribution < 1.29 is 23.8 Å². The molecule has 0 radical (unpaired) electrons. The van der Waals surface area contributed by atoms with E-state index in [9.17, 15) is 13.6 Å². The van der Waals surface area contributed by atoms with Crippen molar-refractivity contribution in [2.75, 3.05) is 0 Å². The molecule has 0 bridgehead atoms. The third-order valence-electron chi connectivity index (χ3n) is 1.57. The van der Waals surface area contributed by atoms with Gasteiger partial charge in [0.2, 0.25) is 0 Å². The summed E-state index contributed by atoms with van der Waals surface area (Å²) in [4.78, 5) is 10.3. The first-order valence-electron chi connectivity index (χ1n) is 3.50. The first-order chi connectivity index (χ1) is 6.43. The molecule has 0 saturated carbocycles. The van der Waals surface area contributed by atoms with E-state index in [0.717, 1.165) is 6.07 Å². The molecule has 14 heavy (non-hydrogen) atoms. The Balaban J connectivity index is 3.31. The zero-order chi connectivity index (χ0) is 10.9. The second-order valence-corrected chi connectivity index (χ2v) is 3.41. The average Bonchev–Trinajstić information content (AvgIpc) is 2.09. The first-order valence-corrected chi connectivity index (χ1v) is 4.30. The summed E-state index contributed by atoms with van der Waals surface area (Å²) in [7, 11) is 0. The van der Waals surface area contributed by atoms with Crippen LogP contribution in [-0.2, 0) is 11.2 Å². The summed E-state index contributed by atoms with van der Waals surface area (Å²) in [6.07, 6.45) is -0.770. The molecule has 1 rings (SSSR count). The summed E-state index contributed by atoms with van der Waals surface area (Å²) >= 11 is 2.70. The lowest BCUT2D eigenvalue weighted by molar-refractivity contribution is -0.136. The van der Waals surface area contributed by atoms with Crippen LogP contribution >= 0.6 is 15.9 Å². The molecular formula is C8H5BrF2O3. The van der Waals surface area contributed by atoms with Crippen LogP contribution in [0, 0.1) is 11.6 Å². The fourth-order valence-electron chi connectivity index (χ4n) is 0.948. The lowest BCUT2D eigenvalue weighted by atomic mass is 10.1. The maximum atomic E-state index is 13.2. The molecule has 0 fully saturated rings. The summed E-state index contributed by atoms with van der Waals surface area (Å²) in [5.41, 5.74) is -0.565. The van der Waals surface area contributed by atoms with Gasteiger partial charge in [0.15, 0.2) is 11.6 Å². The molecule has 1 aromatic carbocycles. The van der Waals surface area contributed by atoms with Gasteiger partial charge in [-0.05, 0) is 22.0 Å². The number of phenols is 1. The molecule has 0 atom stereocenters. The van der Waals surface area contributed by atoms with Gasteiger partial charge in [0.05, 0.1) is 10.9 Å². The van der Waals surface area contributed by atoms with Crippen LogP contribution in [0.15, 0.2) is 10.5 Å². The van der Waals surface area contributed by atoms with Gasteiger partial charge in [-0.1, -0.05) is 0 Å². The van der Waals surface area contributed by atoms with Crippen LogP contribution in [0.2, 0.25) is 0 Å². The molecule has 0 aromatic heterocycles. The molecule has 6 heteroatoms. The number of hydrogen-bond donors (Lipinski definition) is 2. The van der Waals surface area contributed by atoms with Gasteiger partial charge in [-0.25, -0.2) is 8.78 Å². The number of carboxylic acid groups (broad SMARTS) is 1. The molecular weight excluding hydrogens is 262 g/mol. The van der Waals surface area contributed by atoms with Gasteiger partial charge in [0.1, 0.15) is 5.82 Å². The third kappa shape index (κ3) is 2.01. The van der Waals surface area contributed by atoms with Gasteiger partial charge < -0.3 is 10.2 Å². The molecule has 0 amide bonds. The Labute approximate surface area is 86.1 Å². The first kappa shape index (κ1) is 10.9. The van der Waals surface area contributed by atoms with Crippen molar-refractivity contribution in [3.63, 3.8) is 0 Å². The summed E-state index contributed by atoms with van der Waals surface area (Å²) in [6.45, 7) is 0. The molecule has 0 saturated heterocycles. The van der Waals surface area contributed by atoms with Crippen LogP contribution in [0.1, 0.15) is 5.56 Å². The van der Waals surface area contributed by atoms with Crippen LogP contribution < -0.4 is 0 Å². The molecule has 0 aliphatic carbocycles. The third-order valence-corrected chi connectivity index (χ3v) is 2.15. The van der Waals surface area contributed by atoms with Crippen LogP contribution in [0.25, 0.3) is 0 Å². The van der Waals surface area contributed by atoms with Crippen molar-refractivity contribution in [1.29, 1.82) is 0 Å². The van der Waals surface area contributed by atoms with Crippen LogP contribution in [-0.4, -0.2) is 16.2 Å². The van der Waals surface area contributed by atoms with E-state index in [0.29, 0.717) is 0 Å². The maximum Gasteiger partial charge on any atom is 0.308 e. The Morgan fingerprint density at radius 2 is 2.07 bits per heavy atom. The number of aliphatic carboxylic acids is 1. The minimum Gasteiger partial charge on any atom is -0.505 e. The number of carbonyl (C=O) groups is 1. The van der Waals surface area contributed by atoms with E-state index in [4.69, 9.17) is 10.2 Å². The highest BCUT2D eigenvalue weighted by Gasteiger charge is 2.18. The summed E-state index contributed by atoms with van der Waals surface area (Å²) < 4.78 is 25.8. The van der Waals surface area contributed by atoms with Crippen molar-refractivity contribution in [1.82, 2.24) is 0 Å². The van der Waals surface area contributed by atoms with Gasteiger partial charge in [0, 0.05) is 5.56 Å². The maximum absolute atomic E-state index is 13.2. The normalized spacial score (nSPS) is 10.2. The predicted molar refractivity (Wildman–Crippen MR) is 47.1 cm³/mol. The monoisotopic (exact) mass is 266 g/mol. The molecule has 2 N–H and O–H groups in total. The Kier molecular flexibility index (Phi) is 3.05. The molecule has 0 aliphatic heterocycles. The Morgan fingerprint density at radius 1 is 1.50 bits per heavy atom. The number of hydrogen-bond acceptors (Lipinski definition) is 2. The fourth-order valence-corrected chi connectivity index (χ4v) is 1.39. The van der Waals surface area contributed by atoms with Gasteiger partial charge in [-0.3, -0.25) is 4.79 Å². The van der Waals surface area contributed by atoms with E-state index in [1.54, 1.807) is 0 Å². The number of benzene rings is 1. The smallest absolute Gasteiger partial charge is 0.308 e. The molecule has 1 aromatic rings. The highest BCUT2D eigenvalue weighted by molar-refractivity contribution is 9.10. The van der Waals surface area contributed by atoms with Gasteiger partial charge >= 0.3 is 5.97 Å². The Hall–Kier alpha value is -1.17. The Morgan fingerprint density at radius 3 is 2.57 bits per heavy atom. The standard InChI is InChI=1S/C8H5BrF2O3/c9-4-2-5(10)8(14)3(7(4)11)1-6(12)13/h2,14H,1H2,(H,12,13). The van der Waals surface area contributed by atoms with Gasteiger partial charge in [0.25, 0.3) is 0 Å². The quantitative estimate of drug-likeness (QED) is 0.806. The molecule has 76 valence electrons. The molecule has 0 heterocycles. The van der Waals surface area contributed by atoms with E-state index in [1.165, 1.54) is 0 Å². The lowest BCUT2D eigenvalue weighted by Gasteiger charge is -2.05. The molecule has 0 unspecified atom stereocenters. The van der Waals surface area contributed by atoms with Crippen molar-refractivity contribution >= 4 is 21.9 Å². The SMILES string of the molecule is O=C(O)Cc1c(O)c(F)cc(Br)c1F. The summed E-state index contributed by atoms with van der Waals surface area (Å²) in [6, 6.07) is 0.732. The lowest BCUT2D eigenvalue weighted by Crippen LogP contribution is -2.04. The number of halogens is 3. The molecule has 0 aliphatic rings. The second kappa shape index (κ2) is 3.91. The Bertz CT molecular complexity index is 366.